The highest BCUT2D eigenvalue weighted by Gasteiger charge is 2.16. The van der Waals surface area contributed by atoms with E-state index in [1.54, 1.807) is 31.2 Å². The average Bonchev–Trinajstić information content (AvgIpc) is 2.45. The van der Waals surface area contributed by atoms with Crippen LogP contribution in [-0.4, -0.2) is 10.8 Å². The molecule has 114 valence electrons. The third kappa shape index (κ3) is 3.55. The highest BCUT2D eigenvalue weighted by Crippen LogP contribution is 2.27. The predicted octanol–water partition coefficient (Wildman–Crippen LogP) is 4.39. The van der Waals surface area contributed by atoms with Crippen LogP contribution in [0.2, 0.25) is 10.0 Å². The number of benzene rings is 2. The Labute approximate surface area is 137 Å². The summed E-state index contributed by atoms with van der Waals surface area (Å²) in [6, 6.07) is 9.49. The van der Waals surface area contributed by atoms with Crippen LogP contribution >= 0.6 is 23.2 Å². The van der Waals surface area contributed by atoms with Crippen molar-refractivity contribution in [2.45, 2.75) is 13.3 Å². The first-order valence-corrected chi connectivity index (χ1v) is 7.12. The maximum absolute atomic E-state index is 12.1. The van der Waals surface area contributed by atoms with E-state index in [9.17, 15) is 14.9 Å². The molecular formula is C15H12Cl2N2O3. The van der Waals surface area contributed by atoms with Gasteiger partial charge in [-0.25, -0.2) is 0 Å². The van der Waals surface area contributed by atoms with E-state index in [-0.39, 0.29) is 18.0 Å². The topological polar surface area (TPSA) is 72.2 Å². The zero-order chi connectivity index (χ0) is 16.3. The summed E-state index contributed by atoms with van der Waals surface area (Å²) in [7, 11) is 0. The van der Waals surface area contributed by atoms with Crippen molar-refractivity contribution in [2.75, 3.05) is 5.32 Å². The SMILES string of the molecule is Cc1c(NC(=O)Cc2c(Cl)cccc2Cl)cccc1[N+](=O)[O-]. The smallest absolute Gasteiger partial charge is 0.274 e. The molecule has 0 aliphatic heterocycles. The molecule has 0 aromatic heterocycles. The van der Waals surface area contributed by atoms with Crippen LogP contribution in [-0.2, 0) is 11.2 Å². The summed E-state index contributed by atoms with van der Waals surface area (Å²) in [6.07, 6.45) is -0.0133. The first-order chi connectivity index (χ1) is 10.4. The number of carbonyl (C=O) groups is 1. The van der Waals surface area contributed by atoms with Gasteiger partial charge >= 0.3 is 0 Å². The summed E-state index contributed by atoms with van der Waals surface area (Å²) in [5.74, 6) is -0.349. The second-order valence-corrected chi connectivity index (χ2v) is 5.45. The molecule has 0 unspecified atom stereocenters. The summed E-state index contributed by atoms with van der Waals surface area (Å²) in [4.78, 5) is 22.5. The van der Waals surface area contributed by atoms with Crippen LogP contribution in [0.5, 0.6) is 0 Å². The van der Waals surface area contributed by atoms with Crippen molar-refractivity contribution >= 4 is 40.5 Å². The van der Waals surface area contributed by atoms with Gasteiger partial charge in [0.15, 0.2) is 0 Å². The first kappa shape index (κ1) is 16.3. The predicted molar refractivity (Wildman–Crippen MR) is 86.6 cm³/mol. The van der Waals surface area contributed by atoms with Gasteiger partial charge in [0.25, 0.3) is 5.69 Å². The van der Waals surface area contributed by atoms with Crippen molar-refractivity contribution in [2.24, 2.45) is 0 Å². The van der Waals surface area contributed by atoms with E-state index >= 15 is 0 Å². The van der Waals surface area contributed by atoms with E-state index in [0.717, 1.165) is 0 Å². The van der Waals surface area contributed by atoms with Crippen LogP contribution in [0.1, 0.15) is 11.1 Å². The van der Waals surface area contributed by atoms with E-state index in [1.807, 2.05) is 0 Å². The van der Waals surface area contributed by atoms with Gasteiger partial charge in [0.1, 0.15) is 0 Å². The molecule has 1 amide bonds. The molecule has 2 aromatic rings. The van der Waals surface area contributed by atoms with Gasteiger partial charge in [0, 0.05) is 16.1 Å². The lowest BCUT2D eigenvalue weighted by atomic mass is 10.1. The number of amides is 1. The molecule has 0 fully saturated rings. The maximum atomic E-state index is 12.1. The number of hydrogen-bond acceptors (Lipinski definition) is 3. The molecule has 0 radical (unpaired) electrons. The van der Waals surface area contributed by atoms with Crippen LogP contribution in [0.25, 0.3) is 0 Å². The normalized spacial score (nSPS) is 10.3. The van der Waals surface area contributed by atoms with Gasteiger partial charge in [-0.2, -0.15) is 0 Å². The van der Waals surface area contributed by atoms with Crippen molar-refractivity contribution < 1.29 is 9.72 Å². The van der Waals surface area contributed by atoms with Gasteiger partial charge in [0.2, 0.25) is 5.91 Å². The van der Waals surface area contributed by atoms with E-state index in [4.69, 9.17) is 23.2 Å². The van der Waals surface area contributed by atoms with Crippen LogP contribution in [0.3, 0.4) is 0 Å². The summed E-state index contributed by atoms with van der Waals surface area (Å²) in [6.45, 7) is 1.58. The Morgan fingerprint density at radius 1 is 1.18 bits per heavy atom. The largest absolute Gasteiger partial charge is 0.325 e. The number of hydrogen-bond donors (Lipinski definition) is 1. The van der Waals surface area contributed by atoms with Gasteiger partial charge in [-0.05, 0) is 30.7 Å². The number of nitrogens with one attached hydrogen (secondary N) is 1. The van der Waals surface area contributed by atoms with Crippen molar-refractivity contribution in [1.29, 1.82) is 0 Å². The molecule has 22 heavy (non-hydrogen) atoms. The van der Waals surface area contributed by atoms with Crippen LogP contribution in [0, 0.1) is 17.0 Å². The molecule has 2 rings (SSSR count). The van der Waals surface area contributed by atoms with Gasteiger partial charge in [-0.15, -0.1) is 0 Å². The van der Waals surface area contributed by atoms with Crippen molar-refractivity contribution in [3.05, 3.63) is 67.7 Å². The lowest BCUT2D eigenvalue weighted by Gasteiger charge is -2.10. The van der Waals surface area contributed by atoms with Gasteiger partial charge in [0.05, 0.1) is 22.6 Å². The van der Waals surface area contributed by atoms with E-state index in [1.165, 1.54) is 12.1 Å². The highest BCUT2D eigenvalue weighted by atomic mass is 35.5. The van der Waals surface area contributed by atoms with Gasteiger partial charge in [-0.1, -0.05) is 35.3 Å². The molecule has 7 heteroatoms. The summed E-state index contributed by atoms with van der Waals surface area (Å²) in [5.41, 5.74) is 1.26. The maximum Gasteiger partial charge on any atom is 0.274 e. The Morgan fingerprint density at radius 2 is 1.77 bits per heavy atom. The third-order valence-corrected chi connectivity index (χ3v) is 3.88. The Balaban J connectivity index is 2.20. The number of halogens is 2. The Morgan fingerprint density at radius 3 is 2.36 bits per heavy atom. The molecule has 0 atom stereocenters. The summed E-state index contributed by atoms with van der Waals surface area (Å²) >= 11 is 12.0. The monoisotopic (exact) mass is 338 g/mol. The lowest BCUT2D eigenvalue weighted by Crippen LogP contribution is -2.16. The Kier molecular flexibility index (Phi) is 5.00. The van der Waals surface area contributed by atoms with Gasteiger partial charge in [-0.3, -0.25) is 14.9 Å². The number of rotatable bonds is 4. The standard InChI is InChI=1S/C15H12Cl2N2O3/c1-9-13(6-3-7-14(9)19(21)22)18-15(20)8-10-11(16)4-2-5-12(10)17/h2-7H,8H2,1H3,(H,18,20). The second kappa shape index (κ2) is 6.77. The first-order valence-electron chi connectivity index (χ1n) is 6.37. The van der Waals surface area contributed by atoms with Crippen molar-refractivity contribution in [3.63, 3.8) is 0 Å². The van der Waals surface area contributed by atoms with E-state index < -0.39 is 4.92 Å². The quantitative estimate of drug-likeness (QED) is 0.663. The average molecular weight is 339 g/mol. The van der Waals surface area contributed by atoms with Crippen LogP contribution in [0.4, 0.5) is 11.4 Å². The molecule has 0 aliphatic carbocycles. The zero-order valence-corrected chi connectivity index (χ0v) is 13.1. The molecule has 0 aliphatic rings. The molecule has 1 N–H and O–H groups in total. The fraction of sp³-hybridized carbons (Fsp3) is 0.133. The Bertz CT molecular complexity index is 727. The zero-order valence-electron chi connectivity index (χ0n) is 11.6. The minimum Gasteiger partial charge on any atom is -0.325 e. The second-order valence-electron chi connectivity index (χ2n) is 4.63. The molecular weight excluding hydrogens is 327 g/mol. The molecule has 0 saturated heterocycles. The molecule has 2 aromatic carbocycles. The third-order valence-electron chi connectivity index (χ3n) is 3.18. The van der Waals surface area contributed by atoms with E-state index in [2.05, 4.69) is 5.32 Å². The molecule has 0 saturated carbocycles. The summed E-state index contributed by atoms with van der Waals surface area (Å²) in [5, 5.41) is 14.3. The number of carbonyl (C=O) groups excluding carboxylic acids is 1. The highest BCUT2D eigenvalue weighted by molar-refractivity contribution is 6.36. The van der Waals surface area contributed by atoms with Gasteiger partial charge < -0.3 is 5.32 Å². The van der Waals surface area contributed by atoms with Crippen LogP contribution in [0.15, 0.2) is 36.4 Å². The lowest BCUT2D eigenvalue weighted by molar-refractivity contribution is -0.385. The fourth-order valence-electron chi connectivity index (χ4n) is 2.01. The van der Waals surface area contributed by atoms with Crippen LogP contribution < -0.4 is 5.32 Å². The Hall–Kier alpha value is -2.11. The number of anilines is 1. The minimum absolute atomic E-state index is 0.0133. The van der Waals surface area contributed by atoms with E-state index in [0.29, 0.717) is 26.9 Å². The minimum atomic E-state index is -0.490. The molecule has 0 spiro atoms. The number of nitro groups is 1. The number of nitro benzene ring substituents is 1. The van der Waals surface area contributed by atoms with Crippen molar-refractivity contribution in [1.82, 2.24) is 0 Å². The molecule has 0 bridgehead atoms. The number of nitrogens with zero attached hydrogens (tertiary/aromatic N) is 1. The molecule has 5 nitrogen and oxygen atoms in total. The van der Waals surface area contributed by atoms with Crippen molar-refractivity contribution in [3.8, 4) is 0 Å². The fourth-order valence-corrected chi connectivity index (χ4v) is 2.54. The molecule has 0 heterocycles. The summed E-state index contributed by atoms with van der Waals surface area (Å²) < 4.78 is 0.